The molecule has 0 aromatic rings. The lowest BCUT2D eigenvalue weighted by Crippen LogP contribution is -2.09. The van der Waals surface area contributed by atoms with Gasteiger partial charge in [0.15, 0.2) is 0 Å². The number of carbonyl (C=O) groups is 1. The van der Waals surface area contributed by atoms with Crippen molar-refractivity contribution in [2.75, 3.05) is 6.61 Å². The lowest BCUT2D eigenvalue weighted by Gasteiger charge is -2.19. The zero-order valence-electron chi connectivity index (χ0n) is 12.1. The van der Waals surface area contributed by atoms with Crippen LogP contribution in [0.4, 0.5) is 0 Å². The van der Waals surface area contributed by atoms with E-state index in [1.54, 1.807) is 6.92 Å². The van der Waals surface area contributed by atoms with Crippen LogP contribution < -0.4 is 0 Å². The van der Waals surface area contributed by atoms with Gasteiger partial charge in [-0.05, 0) is 31.1 Å². The summed E-state index contributed by atoms with van der Waals surface area (Å²) in [5.74, 6) is 1.26. The quantitative estimate of drug-likeness (QED) is 0.367. The summed E-state index contributed by atoms with van der Waals surface area (Å²) < 4.78 is 4.99. The van der Waals surface area contributed by atoms with Crippen LogP contribution >= 0.6 is 0 Å². The van der Waals surface area contributed by atoms with E-state index >= 15 is 0 Å². The minimum absolute atomic E-state index is 0.316. The van der Waals surface area contributed by atoms with Crippen LogP contribution in [0, 0.1) is 17.8 Å². The van der Waals surface area contributed by atoms with Crippen LogP contribution in [0.25, 0.3) is 0 Å². The first-order valence-corrected chi connectivity index (χ1v) is 6.50. The number of rotatable bonds is 8. The molecular weight excluding hydrogens is 224 g/mol. The van der Waals surface area contributed by atoms with Crippen LogP contribution in [0.3, 0.4) is 0 Å². The molecule has 0 N–H and O–H groups in total. The fourth-order valence-electron chi connectivity index (χ4n) is 1.68. The zero-order chi connectivity index (χ0) is 14.1. The molecule has 2 atom stereocenters. The average molecular weight is 250 g/mol. The maximum atomic E-state index is 11.1. The Bertz CT molecular complexity index is 313. The number of carbonyl (C=O) groups excluding carboxylic acids is 1. The van der Waals surface area contributed by atoms with Crippen molar-refractivity contribution in [3.8, 4) is 0 Å². The van der Waals surface area contributed by atoms with Crippen molar-refractivity contribution < 1.29 is 9.53 Å². The van der Waals surface area contributed by atoms with Crippen LogP contribution in [0.2, 0.25) is 0 Å². The Morgan fingerprint density at radius 2 is 1.94 bits per heavy atom. The van der Waals surface area contributed by atoms with E-state index in [0.717, 1.165) is 6.42 Å². The average Bonchev–Trinajstić information content (AvgIpc) is 2.30. The predicted octanol–water partition coefficient (Wildman–Crippen LogP) is 4.15. The Morgan fingerprint density at radius 3 is 2.39 bits per heavy atom. The third-order valence-corrected chi connectivity index (χ3v) is 2.93. The lowest BCUT2D eigenvalue weighted by atomic mass is 9.87. The molecule has 0 amide bonds. The van der Waals surface area contributed by atoms with E-state index < -0.39 is 0 Å². The smallest absolute Gasteiger partial charge is 0.333 e. The first-order valence-electron chi connectivity index (χ1n) is 6.50. The number of allylic oxidation sites excluding steroid dienone is 2. The molecule has 18 heavy (non-hydrogen) atoms. The number of hydrogen-bond acceptors (Lipinski definition) is 2. The summed E-state index contributed by atoms with van der Waals surface area (Å²) in [6.45, 7) is 15.9. The number of esters is 1. The largest absolute Gasteiger partial charge is 0.458 e. The summed E-state index contributed by atoms with van der Waals surface area (Å²) in [4.78, 5) is 11.1. The maximum Gasteiger partial charge on any atom is 0.333 e. The zero-order valence-corrected chi connectivity index (χ0v) is 12.1. The van der Waals surface area contributed by atoms with Crippen molar-refractivity contribution in [1.29, 1.82) is 0 Å². The summed E-state index contributed by atoms with van der Waals surface area (Å²) >= 11 is 0. The molecule has 0 aromatic heterocycles. The van der Waals surface area contributed by atoms with Gasteiger partial charge in [0.1, 0.15) is 6.61 Å². The van der Waals surface area contributed by atoms with Crippen molar-refractivity contribution in [3.63, 3.8) is 0 Å². The third kappa shape index (κ3) is 7.10. The molecule has 0 bridgehead atoms. The van der Waals surface area contributed by atoms with E-state index in [0.29, 0.717) is 29.9 Å². The highest BCUT2D eigenvalue weighted by molar-refractivity contribution is 5.86. The number of ether oxygens (including phenoxy) is 1. The van der Waals surface area contributed by atoms with Crippen LogP contribution in [-0.4, -0.2) is 12.6 Å². The van der Waals surface area contributed by atoms with Crippen LogP contribution in [0.1, 0.15) is 34.1 Å². The molecule has 0 aliphatic rings. The van der Waals surface area contributed by atoms with E-state index in [-0.39, 0.29) is 5.97 Å². The minimum atomic E-state index is -0.335. The van der Waals surface area contributed by atoms with Gasteiger partial charge < -0.3 is 4.74 Å². The second-order valence-electron chi connectivity index (χ2n) is 5.16. The van der Waals surface area contributed by atoms with Crippen molar-refractivity contribution >= 4 is 5.97 Å². The molecule has 0 aromatic carbocycles. The minimum Gasteiger partial charge on any atom is -0.458 e. The summed E-state index contributed by atoms with van der Waals surface area (Å²) in [6, 6.07) is 0. The van der Waals surface area contributed by atoms with Gasteiger partial charge in [-0.15, -0.1) is 6.58 Å². The molecule has 102 valence electrons. The van der Waals surface area contributed by atoms with Crippen LogP contribution in [-0.2, 0) is 9.53 Å². The molecule has 0 heterocycles. The molecule has 0 fully saturated rings. The Hall–Kier alpha value is -1.31. The summed E-state index contributed by atoms with van der Waals surface area (Å²) in [7, 11) is 0. The van der Waals surface area contributed by atoms with Crippen molar-refractivity contribution in [3.05, 3.63) is 37.0 Å². The highest BCUT2D eigenvalue weighted by Gasteiger charge is 2.11. The monoisotopic (exact) mass is 250 g/mol. The lowest BCUT2D eigenvalue weighted by molar-refractivity contribution is -0.137. The Morgan fingerprint density at radius 1 is 1.33 bits per heavy atom. The first-order chi connectivity index (χ1) is 8.38. The van der Waals surface area contributed by atoms with Gasteiger partial charge in [-0.25, -0.2) is 4.79 Å². The molecular formula is C16H26O2. The molecule has 2 nitrogen and oxygen atoms in total. The SMILES string of the molecule is C=CC(CC(C)/C=C/COC(=O)C(=C)C)C(C)C. The molecule has 0 spiro atoms. The molecule has 0 saturated carbocycles. The molecule has 0 aliphatic heterocycles. The summed E-state index contributed by atoms with van der Waals surface area (Å²) in [5, 5.41) is 0. The van der Waals surface area contributed by atoms with E-state index in [1.807, 2.05) is 12.2 Å². The van der Waals surface area contributed by atoms with Crippen LogP contribution in [0.15, 0.2) is 37.0 Å². The van der Waals surface area contributed by atoms with Crippen molar-refractivity contribution in [1.82, 2.24) is 0 Å². The Balaban J connectivity index is 4.01. The molecule has 0 aliphatic carbocycles. The van der Waals surface area contributed by atoms with Crippen LogP contribution in [0.5, 0.6) is 0 Å². The van der Waals surface area contributed by atoms with Gasteiger partial charge in [0.2, 0.25) is 0 Å². The molecule has 0 rings (SSSR count). The fraction of sp³-hybridized carbons (Fsp3) is 0.562. The van der Waals surface area contributed by atoms with Gasteiger partial charge in [-0.1, -0.05) is 45.6 Å². The Labute approximate surface area is 111 Å². The second kappa shape index (κ2) is 8.73. The van der Waals surface area contributed by atoms with E-state index in [1.165, 1.54) is 0 Å². The normalized spacial score (nSPS) is 14.5. The van der Waals surface area contributed by atoms with Gasteiger partial charge >= 0.3 is 5.97 Å². The maximum absolute atomic E-state index is 11.1. The van der Waals surface area contributed by atoms with E-state index in [4.69, 9.17) is 4.74 Å². The second-order valence-corrected chi connectivity index (χ2v) is 5.16. The highest BCUT2D eigenvalue weighted by Crippen LogP contribution is 2.21. The van der Waals surface area contributed by atoms with E-state index in [9.17, 15) is 4.79 Å². The van der Waals surface area contributed by atoms with Gasteiger partial charge in [0.25, 0.3) is 0 Å². The number of hydrogen-bond donors (Lipinski definition) is 0. The van der Waals surface area contributed by atoms with Gasteiger partial charge in [-0.3, -0.25) is 0 Å². The molecule has 2 heteroatoms. The Kier molecular flexibility index (Phi) is 8.10. The van der Waals surface area contributed by atoms with Gasteiger partial charge in [-0.2, -0.15) is 0 Å². The fourth-order valence-corrected chi connectivity index (χ4v) is 1.68. The van der Waals surface area contributed by atoms with Gasteiger partial charge in [0.05, 0.1) is 0 Å². The van der Waals surface area contributed by atoms with Crippen molar-refractivity contribution in [2.45, 2.75) is 34.1 Å². The topological polar surface area (TPSA) is 26.3 Å². The molecule has 0 saturated heterocycles. The van der Waals surface area contributed by atoms with Crippen molar-refractivity contribution in [2.24, 2.45) is 17.8 Å². The standard InChI is InChI=1S/C16H26O2/c1-7-15(12(2)3)11-14(6)9-8-10-18-16(17)13(4)5/h7-9,12,14-15H,1,4,10-11H2,2-3,5-6H3/b9-8+. The first kappa shape index (κ1) is 16.7. The molecule has 0 radical (unpaired) electrons. The van der Waals surface area contributed by atoms with E-state index in [2.05, 4.69) is 40.0 Å². The van der Waals surface area contributed by atoms with Gasteiger partial charge in [0, 0.05) is 5.57 Å². The molecule has 2 unspecified atom stereocenters. The predicted molar refractivity (Wildman–Crippen MR) is 77.2 cm³/mol. The summed E-state index contributed by atoms with van der Waals surface area (Å²) in [6.07, 6.45) is 7.08. The highest BCUT2D eigenvalue weighted by atomic mass is 16.5. The third-order valence-electron chi connectivity index (χ3n) is 2.93. The summed E-state index contributed by atoms with van der Waals surface area (Å²) in [5.41, 5.74) is 0.433.